The molecule has 0 nitrogen and oxygen atoms in total. The zero-order valence-electron chi connectivity index (χ0n) is 0. The molecule has 0 bridgehead atoms. The van der Waals surface area contributed by atoms with Crippen molar-refractivity contribution >= 4 is 0 Å². The van der Waals surface area contributed by atoms with Crippen LogP contribution in [0.25, 0.3) is 0 Å². The van der Waals surface area contributed by atoms with Crippen LogP contribution < -0.4 is 0 Å². The van der Waals surface area contributed by atoms with Crippen molar-refractivity contribution in [2.24, 2.45) is 0 Å². The first-order valence-electron chi connectivity index (χ1n) is 0. The molecule has 0 aliphatic rings. The van der Waals surface area contributed by atoms with Crippen LogP contribution in [0.2, 0.25) is 0 Å². The van der Waals surface area contributed by atoms with Gasteiger partial charge in [-0.15, -0.1) is 0 Å². The number of hydrogen-bond donors (Lipinski definition) is 0. The molecule has 0 rings (SSSR count). The fraction of sp³-hybridized carbons (Fsp3) is 1.00. The minimum atomic E-state index is 0. The molecule has 16 heavy (non-hydrogen) atoms. The summed E-state index contributed by atoms with van der Waals surface area (Å²) in [6, 6.07) is 0. The summed E-state index contributed by atoms with van der Waals surface area (Å²) in [5.74, 6) is 0. The lowest BCUT2D eigenvalue weighted by Gasteiger charge is -0.0786. The smallest absolute Gasteiger partial charge is 0 e. The highest BCUT2D eigenvalue weighted by molar-refractivity contribution is 2.52. The molecule has 0 saturated heterocycles. The van der Waals surface area contributed by atoms with Crippen molar-refractivity contribution in [3.63, 3.8) is 0 Å². The summed E-state index contributed by atoms with van der Waals surface area (Å²) < 4.78 is 0. The molecule has 0 fully saturated rings. The fourth-order valence-electron chi connectivity index (χ4n) is 0. The lowest BCUT2D eigenvalue weighted by molar-refractivity contribution is 2.50. The lowest BCUT2D eigenvalue weighted by Crippen LogP contribution is 0.143. The Morgan fingerprint density at radius 2 is 0.125 bits per heavy atom. The predicted molar refractivity (Wildman–Crippen MR) is 125 cm³/mol. The van der Waals surface area contributed by atoms with Crippen molar-refractivity contribution < 1.29 is 11.4 Å². The van der Waals surface area contributed by atoms with Gasteiger partial charge in [-0.25, -0.2) is 0 Å². The second kappa shape index (κ2) is 0. The molecule has 0 aliphatic carbocycles. The van der Waals surface area contributed by atoms with Crippen molar-refractivity contribution in [3.05, 3.63) is 0 Å². The van der Waals surface area contributed by atoms with Crippen molar-refractivity contribution in [2.45, 2.75) is 119 Å². The molecule has 0 heterocycles. The normalized spacial score (nSPS) is 0. The van der Waals surface area contributed by atoms with Crippen molar-refractivity contribution in [2.75, 3.05) is 0 Å². The van der Waals surface area contributed by atoms with Gasteiger partial charge >= 0.3 is 0 Å². The molecule has 144 valence electrons. The Bertz CT molecular complexity index is 22.0. The highest BCUT2D eigenvalue weighted by Crippen LogP contribution is 0.159. The van der Waals surface area contributed by atoms with E-state index in [0.29, 0.717) is 0 Å². The van der Waals surface area contributed by atoms with Gasteiger partial charge in [0.05, 0.1) is 0 Å². The summed E-state index contributed by atoms with van der Waals surface area (Å²) in [6.07, 6.45) is 0. The molecule has 0 aliphatic heterocycles. The second-order valence-electron chi connectivity index (χ2n) is 0. The standard InChI is InChI=1S/16CH4.8H2/h16*1H4;8*1H. The highest BCUT2D eigenvalue weighted by atomic mass is 12.0. The highest BCUT2D eigenvalue weighted by Gasteiger charge is -0.0626. The Balaban J connectivity index is 0. The predicted octanol–water partition coefficient (Wildman–Crippen LogP) is 12.1. The quantitative estimate of drug-likeness (QED) is 0.411. The van der Waals surface area contributed by atoms with Gasteiger partial charge in [-0.05, 0) is 0 Å². The summed E-state index contributed by atoms with van der Waals surface area (Å²) >= 11 is 0. The van der Waals surface area contributed by atoms with Crippen molar-refractivity contribution in [1.29, 1.82) is 0 Å². The van der Waals surface area contributed by atoms with Crippen LogP contribution in [0.4, 0.5) is 0 Å². The van der Waals surface area contributed by atoms with Crippen LogP contribution in [0.15, 0.2) is 0 Å². The van der Waals surface area contributed by atoms with Gasteiger partial charge in [0, 0.05) is 11.4 Å². The van der Waals surface area contributed by atoms with Gasteiger partial charge in [-0.1, -0.05) is 119 Å². The van der Waals surface area contributed by atoms with Crippen molar-refractivity contribution in [1.82, 2.24) is 0 Å². The summed E-state index contributed by atoms with van der Waals surface area (Å²) in [7, 11) is 0. The van der Waals surface area contributed by atoms with Gasteiger partial charge in [0.2, 0.25) is 0 Å². The maximum absolute atomic E-state index is 0. The Morgan fingerprint density at radius 1 is 0.125 bits per heavy atom. The topological polar surface area (TPSA) is 0 Å². The molecule has 0 aromatic carbocycles. The van der Waals surface area contributed by atoms with Gasteiger partial charge in [0.25, 0.3) is 0 Å². The monoisotopic (exact) mass is 273 g/mol. The van der Waals surface area contributed by atoms with Crippen LogP contribution in [-0.2, 0) is 0 Å². The minimum absolute atomic E-state index is 0. The first kappa shape index (κ1) is 0. The number of hydrogen-bond acceptors (Lipinski definition) is 0. The summed E-state index contributed by atoms with van der Waals surface area (Å²) in [6.45, 7) is 0. The average Bonchev–Trinajstić information content (AvgIpc) is 0. The van der Waals surface area contributed by atoms with Crippen LogP contribution in [0.5, 0.6) is 0 Å². The van der Waals surface area contributed by atoms with Crippen LogP contribution >= 0.6 is 0 Å². The van der Waals surface area contributed by atoms with Gasteiger partial charge < -0.3 is 0 Å². The SMILES string of the molecule is C.C.C.C.C.C.C.C.C.C.C.C.C.C.C.C.[HH].[HH].[HH].[HH].[HH].[HH].[HH].[HH]. The van der Waals surface area contributed by atoms with E-state index in [0.717, 1.165) is 0 Å². The van der Waals surface area contributed by atoms with Gasteiger partial charge in [0.15, 0.2) is 0 Å². The average molecular weight is 273 g/mol. The van der Waals surface area contributed by atoms with E-state index in [1.807, 2.05) is 0 Å². The molecule has 0 aromatic heterocycles. The van der Waals surface area contributed by atoms with Crippen LogP contribution in [-0.4, -0.2) is 0 Å². The third-order valence-corrected chi connectivity index (χ3v) is 0. The molecule has 0 radical (unpaired) electrons. The van der Waals surface area contributed by atoms with Crippen LogP contribution in [0.1, 0.15) is 130 Å². The molecule has 0 aromatic rings. The zero-order chi connectivity index (χ0) is 0. The molecule has 0 atom stereocenters. The van der Waals surface area contributed by atoms with Gasteiger partial charge in [-0.3, -0.25) is 0 Å². The summed E-state index contributed by atoms with van der Waals surface area (Å²) in [5.41, 5.74) is 0. The summed E-state index contributed by atoms with van der Waals surface area (Å²) in [5, 5.41) is 0. The molecular weight excluding hydrogens is 192 g/mol. The molecular formula is C16H80. The minimum Gasteiger partial charge on any atom is -0.0776 e. The molecule has 0 spiro atoms. The fourth-order valence-corrected chi connectivity index (χ4v) is 0. The molecule has 0 saturated carbocycles. The van der Waals surface area contributed by atoms with E-state index in [1.54, 1.807) is 0 Å². The maximum Gasteiger partial charge on any atom is 0 e. The Labute approximate surface area is 131 Å². The second-order valence-corrected chi connectivity index (χ2v) is 0. The Kier molecular flexibility index (Phi) is 0. The van der Waals surface area contributed by atoms with Gasteiger partial charge in [0.1, 0.15) is 0 Å². The van der Waals surface area contributed by atoms with E-state index in [-0.39, 0.29) is 130 Å². The number of rotatable bonds is 0. The van der Waals surface area contributed by atoms with E-state index >= 15 is 0 Å². The van der Waals surface area contributed by atoms with Crippen LogP contribution in [0.3, 0.4) is 0 Å². The van der Waals surface area contributed by atoms with E-state index < -0.39 is 0 Å². The lowest BCUT2D eigenvalue weighted by atomic mass is 12.0. The third-order valence-electron chi connectivity index (χ3n) is 0. The van der Waals surface area contributed by atoms with Crippen LogP contribution in [0, 0.1) is 0 Å². The first-order chi connectivity index (χ1) is 0. The largest absolute Gasteiger partial charge is 0.0776 e. The zero-order valence-corrected chi connectivity index (χ0v) is 0. The van der Waals surface area contributed by atoms with E-state index in [2.05, 4.69) is 0 Å². The van der Waals surface area contributed by atoms with Crippen molar-refractivity contribution in [3.8, 4) is 0 Å². The first-order valence-corrected chi connectivity index (χ1v) is 0. The van der Waals surface area contributed by atoms with Gasteiger partial charge in [-0.2, -0.15) is 0 Å². The molecule has 0 N–H and O–H groups in total. The maximum atomic E-state index is 0. The van der Waals surface area contributed by atoms with E-state index in [4.69, 9.17) is 0 Å². The third kappa shape index (κ3) is 0. The Morgan fingerprint density at radius 3 is 0.125 bits per heavy atom. The molecule has 0 unspecified atom stereocenters. The summed E-state index contributed by atoms with van der Waals surface area (Å²) in [4.78, 5) is 0. The van der Waals surface area contributed by atoms with E-state index in [9.17, 15) is 0 Å². The molecule has 0 amide bonds. The molecule has 0 heteroatoms. The van der Waals surface area contributed by atoms with E-state index in [1.165, 1.54) is 0 Å². The Hall–Kier alpha value is 0.